The second-order valence-corrected chi connectivity index (χ2v) is 7.93. The van der Waals surface area contributed by atoms with Crippen LogP contribution in [0.5, 0.6) is 5.75 Å². The third kappa shape index (κ3) is 4.70. The summed E-state index contributed by atoms with van der Waals surface area (Å²) in [6, 6.07) is 3.74. The van der Waals surface area contributed by atoms with Gasteiger partial charge in [0.2, 0.25) is 0 Å². The van der Waals surface area contributed by atoms with Gasteiger partial charge in [0, 0.05) is 17.3 Å². The van der Waals surface area contributed by atoms with E-state index in [0.717, 1.165) is 22.9 Å². The van der Waals surface area contributed by atoms with Gasteiger partial charge in [-0.3, -0.25) is 0 Å². The van der Waals surface area contributed by atoms with Gasteiger partial charge in [0.25, 0.3) is 0 Å². The first-order valence-corrected chi connectivity index (χ1v) is 8.19. The van der Waals surface area contributed by atoms with Gasteiger partial charge in [0.05, 0.1) is 12.2 Å². The van der Waals surface area contributed by atoms with E-state index in [0.29, 0.717) is 5.75 Å². The highest BCUT2D eigenvalue weighted by atomic mass is 16.5. The Labute approximate surface area is 145 Å². The second kappa shape index (κ2) is 7.20. The SMILES string of the molecule is CCOC(=O)/C(C=N)=C\c1cc(C(C)(C)C)c(O)c(C(C)(C)C)c1. The Hall–Kier alpha value is -2.10. The molecule has 132 valence electrons. The standard InChI is InChI=1S/C20H29NO3/c1-8-24-18(23)14(12-21)9-13-10-15(19(2,3)4)17(22)16(11-13)20(5,6)7/h9-12,21-22H,8H2,1-7H3/b14-9-,21-12?. The van der Waals surface area contributed by atoms with Gasteiger partial charge in [-0.05, 0) is 41.5 Å². The van der Waals surface area contributed by atoms with E-state index in [1.54, 1.807) is 13.0 Å². The van der Waals surface area contributed by atoms with E-state index in [-0.39, 0.29) is 23.0 Å². The van der Waals surface area contributed by atoms with Crippen molar-refractivity contribution in [1.29, 1.82) is 5.41 Å². The van der Waals surface area contributed by atoms with Crippen LogP contribution < -0.4 is 0 Å². The van der Waals surface area contributed by atoms with E-state index in [1.807, 2.05) is 53.7 Å². The van der Waals surface area contributed by atoms with Gasteiger partial charge >= 0.3 is 5.97 Å². The lowest BCUT2D eigenvalue weighted by atomic mass is 9.78. The van der Waals surface area contributed by atoms with Crippen molar-refractivity contribution in [2.45, 2.75) is 59.3 Å². The summed E-state index contributed by atoms with van der Waals surface area (Å²) >= 11 is 0. The van der Waals surface area contributed by atoms with E-state index in [1.165, 1.54) is 0 Å². The zero-order chi connectivity index (χ0) is 18.7. The molecule has 0 saturated heterocycles. The number of rotatable bonds is 4. The molecule has 0 unspecified atom stereocenters. The molecule has 4 nitrogen and oxygen atoms in total. The van der Waals surface area contributed by atoms with Gasteiger partial charge in [0.1, 0.15) is 5.75 Å². The summed E-state index contributed by atoms with van der Waals surface area (Å²) in [5.41, 5.74) is 2.09. The summed E-state index contributed by atoms with van der Waals surface area (Å²) in [5.74, 6) is -0.227. The van der Waals surface area contributed by atoms with Crippen molar-refractivity contribution in [3.8, 4) is 5.75 Å². The van der Waals surface area contributed by atoms with E-state index >= 15 is 0 Å². The van der Waals surface area contributed by atoms with Gasteiger partial charge < -0.3 is 15.3 Å². The smallest absolute Gasteiger partial charge is 0.339 e. The van der Waals surface area contributed by atoms with Crippen molar-refractivity contribution in [3.05, 3.63) is 34.4 Å². The highest BCUT2D eigenvalue weighted by Gasteiger charge is 2.26. The molecular formula is C20H29NO3. The number of hydrogen-bond acceptors (Lipinski definition) is 4. The zero-order valence-electron chi connectivity index (χ0n) is 15.8. The molecule has 0 bridgehead atoms. The van der Waals surface area contributed by atoms with Crippen LogP contribution >= 0.6 is 0 Å². The molecular weight excluding hydrogens is 302 g/mol. The number of carbonyl (C=O) groups is 1. The lowest BCUT2D eigenvalue weighted by molar-refractivity contribution is -0.137. The molecule has 1 aromatic carbocycles. The summed E-state index contributed by atoms with van der Waals surface area (Å²) in [4.78, 5) is 11.9. The van der Waals surface area contributed by atoms with Crippen LogP contribution in [0.2, 0.25) is 0 Å². The van der Waals surface area contributed by atoms with E-state index in [4.69, 9.17) is 10.1 Å². The number of phenolic OH excluding ortho intramolecular Hbond substituents is 1. The average molecular weight is 331 g/mol. The molecule has 0 spiro atoms. The van der Waals surface area contributed by atoms with E-state index < -0.39 is 5.97 Å². The van der Waals surface area contributed by atoms with Crippen LogP contribution in [0.15, 0.2) is 17.7 Å². The summed E-state index contributed by atoms with van der Waals surface area (Å²) in [6.07, 6.45) is 2.63. The van der Waals surface area contributed by atoms with Crippen molar-refractivity contribution in [2.24, 2.45) is 0 Å². The Morgan fingerprint density at radius 1 is 1.12 bits per heavy atom. The summed E-state index contributed by atoms with van der Waals surface area (Å²) in [5, 5.41) is 18.2. The van der Waals surface area contributed by atoms with Gasteiger partial charge in [-0.1, -0.05) is 41.5 Å². The first-order valence-electron chi connectivity index (χ1n) is 8.19. The molecule has 0 aliphatic heterocycles. The first-order chi connectivity index (χ1) is 10.9. The molecule has 1 rings (SSSR count). The van der Waals surface area contributed by atoms with Gasteiger partial charge in [0.15, 0.2) is 0 Å². The molecule has 1 aromatic rings. The summed E-state index contributed by atoms with van der Waals surface area (Å²) in [7, 11) is 0. The molecule has 0 aliphatic rings. The Kier molecular flexibility index (Phi) is 5.99. The molecule has 0 saturated carbocycles. The van der Waals surface area contributed by atoms with E-state index in [9.17, 15) is 9.90 Å². The van der Waals surface area contributed by atoms with Crippen LogP contribution in [0.25, 0.3) is 6.08 Å². The Balaban J connectivity index is 3.60. The van der Waals surface area contributed by atoms with Gasteiger partial charge in [-0.2, -0.15) is 0 Å². The largest absolute Gasteiger partial charge is 0.507 e. The van der Waals surface area contributed by atoms with Crippen molar-refractivity contribution in [1.82, 2.24) is 0 Å². The average Bonchev–Trinajstić information content (AvgIpc) is 2.43. The quantitative estimate of drug-likeness (QED) is 0.482. The van der Waals surface area contributed by atoms with E-state index in [2.05, 4.69) is 0 Å². The van der Waals surface area contributed by atoms with Crippen molar-refractivity contribution in [2.75, 3.05) is 6.61 Å². The number of ether oxygens (including phenoxy) is 1. The fraction of sp³-hybridized carbons (Fsp3) is 0.500. The van der Waals surface area contributed by atoms with Crippen LogP contribution in [0.4, 0.5) is 0 Å². The van der Waals surface area contributed by atoms with Crippen molar-refractivity contribution < 1.29 is 14.6 Å². The number of hydrogen-bond donors (Lipinski definition) is 2. The summed E-state index contributed by atoms with van der Waals surface area (Å²) < 4.78 is 4.98. The van der Waals surface area contributed by atoms with Crippen LogP contribution in [0.1, 0.15) is 65.2 Å². The second-order valence-electron chi connectivity index (χ2n) is 7.93. The number of esters is 1. The fourth-order valence-corrected chi connectivity index (χ4v) is 2.44. The predicted molar refractivity (Wildman–Crippen MR) is 98.9 cm³/mol. The summed E-state index contributed by atoms with van der Waals surface area (Å²) in [6.45, 7) is 14.2. The molecule has 4 heteroatoms. The minimum absolute atomic E-state index is 0.183. The third-order valence-electron chi connectivity index (χ3n) is 3.74. The maximum Gasteiger partial charge on any atom is 0.339 e. The molecule has 0 heterocycles. The maximum atomic E-state index is 11.9. The highest BCUT2D eigenvalue weighted by Crippen LogP contribution is 2.40. The van der Waals surface area contributed by atoms with Gasteiger partial charge in [-0.25, -0.2) is 4.79 Å². The first kappa shape index (κ1) is 19.9. The number of nitrogens with one attached hydrogen (secondary N) is 1. The third-order valence-corrected chi connectivity index (χ3v) is 3.74. The van der Waals surface area contributed by atoms with Gasteiger partial charge in [-0.15, -0.1) is 0 Å². The Morgan fingerprint density at radius 3 is 1.92 bits per heavy atom. The predicted octanol–water partition coefficient (Wildman–Crippen LogP) is 4.58. The molecule has 0 radical (unpaired) electrons. The zero-order valence-corrected chi connectivity index (χ0v) is 15.8. The van der Waals surface area contributed by atoms with Crippen molar-refractivity contribution in [3.63, 3.8) is 0 Å². The number of carbonyl (C=O) groups excluding carboxylic acids is 1. The monoisotopic (exact) mass is 331 g/mol. The Bertz CT molecular complexity index is 623. The molecule has 24 heavy (non-hydrogen) atoms. The van der Waals surface area contributed by atoms with Crippen molar-refractivity contribution >= 4 is 18.3 Å². The number of aromatic hydroxyl groups is 1. The maximum absolute atomic E-state index is 11.9. The topological polar surface area (TPSA) is 70.4 Å². The fourth-order valence-electron chi connectivity index (χ4n) is 2.44. The molecule has 2 N–H and O–H groups in total. The highest BCUT2D eigenvalue weighted by molar-refractivity contribution is 6.12. The minimum Gasteiger partial charge on any atom is -0.507 e. The number of benzene rings is 1. The van der Waals surface area contributed by atoms with Crippen LogP contribution in [0.3, 0.4) is 0 Å². The lowest BCUT2D eigenvalue weighted by Gasteiger charge is -2.28. The molecule has 0 atom stereocenters. The molecule has 0 aliphatic carbocycles. The minimum atomic E-state index is -0.518. The molecule has 0 aromatic heterocycles. The Morgan fingerprint density at radius 2 is 1.58 bits per heavy atom. The molecule has 0 amide bonds. The van der Waals surface area contributed by atoms with Crippen LogP contribution in [0, 0.1) is 5.41 Å². The van der Waals surface area contributed by atoms with Crippen LogP contribution in [-0.4, -0.2) is 23.9 Å². The lowest BCUT2D eigenvalue weighted by Crippen LogP contribution is -2.17. The normalized spacial score (nSPS) is 12.9. The van der Waals surface area contributed by atoms with Crippen LogP contribution in [-0.2, 0) is 20.4 Å². The number of phenols is 1. The molecule has 0 fully saturated rings.